The summed E-state index contributed by atoms with van der Waals surface area (Å²) >= 11 is 0. The summed E-state index contributed by atoms with van der Waals surface area (Å²) in [6.45, 7) is 2.77. The lowest BCUT2D eigenvalue weighted by atomic mass is 10.1. The van der Waals surface area contributed by atoms with Crippen LogP contribution in [0.5, 0.6) is 0 Å². The predicted octanol–water partition coefficient (Wildman–Crippen LogP) is 2.88. The van der Waals surface area contributed by atoms with E-state index in [1.165, 1.54) is 30.9 Å². The molecule has 1 unspecified atom stereocenters. The lowest BCUT2D eigenvalue weighted by Crippen LogP contribution is -2.37. The summed E-state index contributed by atoms with van der Waals surface area (Å²) in [5.41, 5.74) is 0.580. The molecule has 0 saturated heterocycles. The minimum atomic E-state index is -0.969. The van der Waals surface area contributed by atoms with Crippen LogP contribution in [0.15, 0.2) is 39.9 Å². The quantitative estimate of drug-likeness (QED) is 0.562. The Balaban J connectivity index is 2.04. The van der Waals surface area contributed by atoms with Gasteiger partial charge in [-0.25, -0.2) is 9.78 Å². The van der Waals surface area contributed by atoms with E-state index in [4.69, 9.17) is 0 Å². The van der Waals surface area contributed by atoms with Gasteiger partial charge in [0.1, 0.15) is 11.9 Å². The number of unbranched alkanes of at least 4 members (excludes halogenated alkanes) is 5. The van der Waals surface area contributed by atoms with Crippen LogP contribution in [0.2, 0.25) is 0 Å². The molecule has 1 atom stereocenters. The zero-order valence-corrected chi connectivity index (χ0v) is 17.5. The van der Waals surface area contributed by atoms with Crippen LogP contribution in [0.25, 0.3) is 11.2 Å². The summed E-state index contributed by atoms with van der Waals surface area (Å²) in [5.74, 6) is 0.401. The van der Waals surface area contributed by atoms with Gasteiger partial charge in [-0.05, 0) is 12.0 Å². The molecule has 156 valence electrons. The van der Waals surface area contributed by atoms with E-state index in [1.54, 1.807) is 11.6 Å². The van der Waals surface area contributed by atoms with E-state index in [0.29, 0.717) is 29.1 Å². The molecule has 1 aromatic carbocycles. The standard InChI is InChI=1S/C22H30N4O3/c1-4-5-6-7-8-12-15-26-17-19(24(2)22(29)25(3)21(17)28)23-20(26)18(27)16-13-10-9-11-14-16/h9-11,13-14,18,27H,4-8,12,15H2,1-3H3. The smallest absolute Gasteiger partial charge is 0.332 e. The van der Waals surface area contributed by atoms with E-state index in [-0.39, 0.29) is 5.56 Å². The van der Waals surface area contributed by atoms with Crippen LogP contribution < -0.4 is 11.2 Å². The number of benzene rings is 1. The van der Waals surface area contributed by atoms with Gasteiger partial charge in [0.2, 0.25) is 0 Å². The summed E-state index contributed by atoms with van der Waals surface area (Å²) in [6, 6.07) is 9.25. The largest absolute Gasteiger partial charge is 0.380 e. The molecule has 2 heterocycles. The first kappa shape index (κ1) is 21.0. The van der Waals surface area contributed by atoms with Crippen LogP contribution in [0, 0.1) is 0 Å². The first-order valence-corrected chi connectivity index (χ1v) is 10.4. The van der Waals surface area contributed by atoms with Crippen molar-refractivity contribution in [3.05, 3.63) is 62.6 Å². The Morgan fingerprint density at radius 3 is 2.31 bits per heavy atom. The van der Waals surface area contributed by atoms with Crippen molar-refractivity contribution < 1.29 is 5.11 Å². The Morgan fingerprint density at radius 1 is 0.966 bits per heavy atom. The fraction of sp³-hybridized carbons (Fsp3) is 0.500. The molecule has 1 N–H and O–H groups in total. The van der Waals surface area contributed by atoms with E-state index < -0.39 is 11.8 Å². The number of aliphatic hydroxyl groups is 1. The molecule has 3 rings (SSSR count). The van der Waals surface area contributed by atoms with Gasteiger partial charge in [-0.15, -0.1) is 0 Å². The van der Waals surface area contributed by atoms with Gasteiger partial charge >= 0.3 is 5.69 Å². The summed E-state index contributed by atoms with van der Waals surface area (Å²) < 4.78 is 4.27. The van der Waals surface area contributed by atoms with Gasteiger partial charge in [-0.3, -0.25) is 13.9 Å². The third-order valence-corrected chi connectivity index (χ3v) is 5.47. The molecule has 2 aromatic heterocycles. The summed E-state index contributed by atoms with van der Waals surface area (Å²) in [5, 5.41) is 11.0. The van der Waals surface area contributed by atoms with Gasteiger partial charge in [0, 0.05) is 20.6 Å². The maximum Gasteiger partial charge on any atom is 0.332 e. The van der Waals surface area contributed by atoms with E-state index in [9.17, 15) is 14.7 Å². The Labute approximate surface area is 170 Å². The highest BCUT2D eigenvalue weighted by atomic mass is 16.3. The van der Waals surface area contributed by atoms with Gasteiger partial charge in [-0.1, -0.05) is 69.4 Å². The molecule has 0 radical (unpaired) electrons. The zero-order chi connectivity index (χ0) is 21.0. The Kier molecular flexibility index (Phi) is 6.69. The van der Waals surface area contributed by atoms with Crippen molar-refractivity contribution in [3.63, 3.8) is 0 Å². The zero-order valence-electron chi connectivity index (χ0n) is 17.5. The topological polar surface area (TPSA) is 82.1 Å². The van der Waals surface area contributed by atoms with E-state index in [0.717, 1.165) is 23.8 Å². The van der Waals surface area contributed by atoms with Gasteiger partial charge in [0.15, 0.2) is 11.2 Å². The highest BCUT2D eigenvalue weighted by Gasteiger charge is 2.24. The van der Waals surface area contributed by atoms with Gasteiger partial charge in [0.05, 0.1) is 0 Å². The Bertz CT molecular complexity index is 1080. The average molecular weight is 399 g/mol. The molecular formula is C22H30N4O3. The van der Waals surface area contributed by atoms with Gasteiger partial charge < -0.3 is 9.67 Å². The highest BCUT2D eigenvalue weighted by molar-refractivity contribution is 5.71. The lowest BCUT2D eigenvalue weighted by Gasteiger charge is -2.14. The normalized spacial score (nSPS) is 12.6. The maximum absolute atomic E-state index is 12.9. The third-order valence-electron chi connectivity index (χ3n) is 5.47. The second-order valence-electron chi connectivity index (χ2n) is 7.58. The first-order valence-electron chi connectivity index (χ1n) is 10.4. The number of hydrogen-bond donors (Lipinski definition) is 1. The number of aromatic nitrogens is 4. The molecule has 0 aliphatic heterocycles. The maximum atomic E-state index is 12.9. The minimum Gasteiger partial charge on any atom is -0.380 e. The fourth-order valence-corrected chi connectivity index (χ4v) is 3.73. The summed E-state index contributed by atoms with van der Waals surface area (Å²) in [7, 11) is 3.07. The fourth-order valence-electron chi connectivity index (χ4n) is 3.73. The summed E-state index contributed by atoms with van der Waals surface area (Å²) in [6.07, 6.45) is 5.74. The van der Waals surface area contributed by atoms with E-state index >= 15 is 0 Å². The van der Waals surface area contributed by atoms with Gasteiger partial charge in [-0.2, -0.15) is 0 Å². The molecule has 7 nitrogen and oxygen atoms in total. The number of hydrogen-bond acceptors (Lipinski definition) is 4. The average Bonchev–Trinajstić information content (AvgIpc) is 3.13. The number of aliphatic hydroxyl groups excluding tert-OH is 1. The molecular weight excluding hydrogens is 368 g/mol. The van der Waals surface area contributed by atoms with E-state index in [2.05, 4.69) is 11.9 Å². The lowest BCUT2D eigenvalue weighted by molar-refractivity contribution is 0.204. The molecule has 0 saturated carbocycles. The predicted molar refractivity (Wildman–Crippen MR) is 114 cm³/mol. The molecule has 3 aromatic rings. The molecule has 7 heteroatoms. The molecule has 0 aliphatic rings. The first-order chi connectivity index (χ1) is 14.0. The van der Waals surface area contributed by atoms with Crippen LogP contribution in [0.4, 0.5) is 0 Å². The monoisotopic (exact) mass is 398 g/mol. The second kappa shape index (κ2) is 9.22. The van der Waals surface area contributed by atoms with Crippen molar-refractivity contribution in [2.24, 2.45) is 14.1 Å². The van der Waals surface area contributed by atoms with Crippen molar-refractivity contribution >= 4 is 11.2 Å². The molecule has 0 bridgehead atoms. The molecule has 29 heavy (non-hydrogen) atoms. The number of nitrogens with zero attached hydrogens (tertiary/aromatic N) is 4. The minimum absolute atomic E-state index is 0.314. The van der Waals surface area contributed by atoms with Crippen molar-refractivity contribution in [1.82, 2.24) is 18.7 Å². The molecule has 0 fully saturated rings. The van der Waals surface area contributed by atoms with Crippen molar-refractivity contribution in [3.8, 4) is 0 Å². The number of fused-ring (bicyclic) bond motifs is 1. The third kappa shape index (κ3) is 4.19. The molecule has 0 amide bonds. The van der Waals surface area contributed by atoms with Crippen LogP contribution >= 0.6 is 0 Å². The van der Waals surface area contributed by atoms with Crippen molar-refractivity contribution in [2.75, 3.05) is 0 Å². The number of rotatable bonds is 9. The number of imidazole rings is 1. The highest BCUT2D eigenvalue weighted by Crippen LogP contribution is 2.24. The number of aryl methyl sites for hydroxylation is 2. The van der Waals surface area contributed by atoms with Crippen LogP contribution in [0.1, 0.15) is 62.9 Å². The molecule has 0 aliphatic carbocycles. The van der Waals surface area contributed by atoms with Crippen molar-refractivity contribution in [2.45, 2.75) is 58.1 Å². The van der Waals surface area contributed by atoms with Crippen LogP contribution in [-0.2, 0) is 20.6 Å². The van der Waals surface area contributed by atoms with Crippen molar-refractivity contribution in [1.29, 1.82) is 0 Å². The Hall–Kier alpha value is -2.67. The van der Waals surface area contributed by atoms with Gasteiger partial charge in [0.25, 0.3) is 5.56 Å². The summed E-state index contributed by atoms with van der Waals surface area (Å²) in [4.78, 5) is 29.8. The Morgan fingerprint density at radius 2 is 1.62 bits per heavy atom. The second-order valence-corrected chi connectivity index (χ2v) is 7.58. The molecule has 0 spiro atoms. The van der Waals surface area contributed by atoms with Crippen LogP contribution in [-0.4, -0.2) is 23.8 Å². The van der Waals surface area contributed by atoms with E-state index in [1.807, 2.05) is 30.3 Å². The van der Waals surface area contributed by atoms with Crippen LogP contribution in [0.3, 0.4) is 0 Å². The SMILES string of the molecule is CCCCCCCCn1c(C(O)c2ccccc2)nc2c1c(=O)n(C)c(=O)n2C.